The fourth-order valence-electron chi connectivity index (χ4n) is 2.45. The molecule has 0 aliphatic heterocycles. The van der Waals surface area contributed by atoms with Gasteiger partial charge in [-0.2, -0.15) is 5.10 Å². The number of para-hydroxylation sites is 1. The molecule has 1 N–H and O–H groups in total. The van der Waals surface area contributed by atoms with Crippen LogP contribution >= 0.6 is 11.3 Å². The normalized spacial score (nSPS) is 10.9. The summed E-state index contributed by atoms with van der Waals surface area (Å²) in [4.78, 5) is 4.57. The largest absolute Gasteiger partial charge is 0.497 e. The van der Waals surface area contributed by atoms with E-state index < -0.39 is 0 Å². The number of aromatic nitrogens is 3. The van der Waals surface area contributed by atoms with E-state index in [4.69, 9.17) is 4.74 Å². The highest BCUT2D eigenvalue weighted by molar-refractivity contribution is 7.22. The number of methoxy groups -OCH3 is 1. The molecule has 0 saturated heterocycles. The third-order valence-electron chi connectivity index (χ3n) is 3.70. The number of rotatable bonds is 5. The van der Waals surface area contributed by atoms with Crippen molar-refractivity contribution < 1.29 is 4.74 Å². The van der Waals surface area contributed by atoms with Crippen molar-refractivity contribution in [3.63, 3.8) is 0 Å². The van der Waals surface area contributed by atoms with Gasteiger partial charge in [-0.25, -0.2) is 9.67 Å². The quantitative estimate of drug-likeness (QED) is 0.596. The van der Waals surface area contributed by atoms with Crippen molar-refractivity contribution in [2.75, 3.05) is 12.4 Å². The average molecular weight is 336 g/mol. The molecule has 5 nitrogen and oxygen atoms in total. The van der Waals surface area contributed by atoms with E-state index in [1.54, 1.807) is 18.4 Å². The van der Waals surface area contributed by atoms with Gasteiger partial charge in [0, 0.05) is 6.20 Å². The lowest BCUT2D eigenvalue weighted by molar-refractivity contribution is 0.414. The minimum Gasteiger partial charge on any atom is -0.497 e. The molecule has 0 saturated carbocycles. The molecule has 2 heterocycles. The Balaban J connectivity index is 1.46. The van der Waals surface area contributed by atoms with E-state index >= 15 is 0 Å². The van der Waals surface area contributed by atoms with Gasteiger partial charge in [0.2, 0.25) is 0 Å². The molecular formula is C18H16N4OS. The summed E-state index contributed by atoms with van der Waals surface area (Å²) in [6, 6.07) is 18.0. The molecule has 0 unspecified atom stereocenters. The molecule has 2 aromatic heterocycles. The maximum atomic E-state index is 5.18. The van der Waals surface area contributed by atoms with Gasteiger partial charge in [-0.3, -0.25) is 0 Å². The zero-order chi connectivity index (χ0) is 16.4. The van der Waals surface area contributed by atoms with E-state index in [2.05, 4.69) is 21.5 Å². The van der Waals surface area contributed by atoms with Crippen LogP contribution in [0.15, 0.2) is 60.8 Å². The first-order valence-electron chi connectivity index (χ1n) is 7.60. The van der Waals surface area contributed by atoms with Crippen LogP contribution in [0.5, 0.6) is 5.75 Å². The molecule has 0 aliphatic carbocycles. The van der Waals surface area contributed by atoms with E-state index in [1.807, 2.05) is 59.4 Å². The van der Waals surface area contributed by atoms with Crippen LogP contribution in [0, 0.1) is 0 Å². The Hall–Kier alpha value is -2.86. The van der Waals surface area contributed by atoms with Crippen molar-refractivity contribution in [2.24, 2.45) is 0 Å². The summed E-state index contributed by atoms with van der Waals surface area (Å²) in [6.07, 6.45) is 1.96. The van der Waals surface area contributed by atoms with E-state index in [-0.39, 0.29) is 0 Å². The van der Waals surface area contributed by atoms with Gasteiger partial charge < -0.3 is 10.1 Å². The first kappa shape index (κ1) is 14.7. The maximum Gasteiger partial charge on any atom is 0.184 e. The predicted molar refractivity (Wildman–Crippen MR) is 97.1 cm³/mol. The summed E-state index contributed by atoms with van der Waals surface area (Å²) in [7, 11) is 1.66. The van der Waals surface area contributed by atoms with E-state index in [0.29, 0.717) is 6.54 Å². The molecule has 6 heteroatoms. The monoisotopic (exact) mass is 336 g/mol. The zero-order valence-corrected chi connectivity index (χ0v) is 14.0. The van der Waals surface area contributed by atoms with Crippen molar-refractivity contribution >= 4 is 26.7 Å². The minimum absolute atomic E-state index is 0.642. The Kier molecular flexibility index (Phi) is 3.88. The maximum absolute atomic E-state index is 5.18. The number of nitrogens with zero attached hydrogens (tertiary/aromatic N) is 3. The molecule has 0 amide bonds. The second-order valence-electron chi connectivity index (χ2n) is 5.29. The van der Waals surface area contributed by atoms with Gasteiger partial charge in [-0.1, -0.05) is 23.5 Å². The van der Waals surface area contributed by atoms with Crippen LogP contribution < -0.4 is 10.1 Å². The third kappa shape index (κ3) is 2.96. The molecule has 24 heavy (non-hydrogen) atoms. The Labute approximate surface area is 143 Å². The lowest BCUT2D eigenvalue weighted by Gasteiger charge is -2.03. The van der Waals surface area contributed by atoms with Crippen LogP contribution in [0.2, 0.25) is 0 Å². The summed E-state index contributed by atoms with van der Waals surface area (Å²) in [5.41, 5.74) is 2.99. The summed E-state index contributed by atoms with van der Waals surface area (Å²) in [6.45, 7) is 0.642. The fraction of sp³-hybridized carbons (Fsp3) is 0.111. The van der Waals surface area contributed by atoms with Crippen molar-refractivity contribution in [2.45, 2.75) is 6.54 Å². The second kappa shape index (κ2) is 6.33. The Morgan fingerprint density at radius 3 is 2.71 bits per heavy atom. The fourth-order valence-corrected chi connectivity index (χ4v) is 3.31. The highest BCUT2D eigenvalue weighted by atomic mass is 32.1. The summed E-state index contributed by atoms with van der Waals surface area (Å²) < 4.78 is 8.22. The van der Waals surface area contributed by atoms with Crippen molar-refractivity contribution in [3.8, 4) is 11.4 Å². The van der Waals surface area contributed by atoms with Crippen LogP contribution in [0.25, 0.3) is 15.9 Å². The zero-order valence-electron chi connectivity index (χ0n) is 13.1. The summed E-state index contributed by atoms with van der Waals surface area (Å²) in [5, 5.41) is 8.85. The van der Waals surface area contributed by atoms with Gasteiger partial charge in [0.15, 0.2) is 5.13 Å². The lowest BCUT2D eigenvalue weighted by Crippen LogP contribution is -2.01. The van der Waals surface area contributed by atoms with Crippen LogP contribution in [0.1, 0.15) is 5.69 Å². The van der Waals surface area contributed by atoms with Crippen LogP contribution in [-0.2, 0) is 6.54 Å². The molecule has 2 aromatic carbocycles. The highest BCUT2D eigenvalue weighted by Crippen LogP contribution is 2.25. The van der Waals surface area contributed by atoms with Gasteiger partial charge >= 0.3 is 0 Å². The number of hydrogen-bond acceptors (Lipinski definition) is 5. The Morgan fingerprint density at radius 2 is 1.92 bits per heavy atom. The number of ether oxygens (including phenoxy) is 1. The smallest absolute Gasteiger partial charge is 0.184 e. The Morgan fingerprint density at radius 1 is 1.08 bits per heavy atom. The molecule has 0 radical (unpaired) electrons. The number of nitrogens with one attached hydrogen (secondary N) is 1. The average Bonchev–Trinajstić information content (AvgIpc) is 3.26. The molecule has 0 fully saturated rings. The number of thiazole rings is 1. The first-order valence-corrected chi connectivity index (χ1v) is 8.42. The predicted octanol–water partition coefficient (Wildman–Crippen LogP) is 4.10. The SMILES string of the molecule is COc1ccc(-n2ccc(CNc3nc4ccccc4s3)n2)cc1. The number of benzene rings is 2. The van der Waals surface area contributed by atoms with Gasteiger partial charge in [-0.05, 0) is 42.5 Å². The molecule has 4 rings (SSSR count). The molecule has 120 valence electrons. The second-order valence-corrected chi connectivity index (χ2v) is 6.32. The van der Waals surface area contributed by atoms with Crippen molar-refractivity contribution in [3.05, 3.63) is 66.5 Å². The van der Waals surface area contributed by atoms with Crippen LogP contribution in [-0.4, -0.2) is 21.9 Å². The molecule has 0 aliphatic rings. The molecule has 0 bridgehead atoms. The summed E-state index contributed by atoms with van der Waals surface area (Å²) >= 11 is 1.65. The minimum atomic E-state index is 0.642. The van der Waals surface area contributed by atoms with Gasteiger partial charge in [0.1, 0.15) is 5.75 Å². The lowest BCUT2D eigenvalue weighted by atomic mass is 10.3. The van der Waals surface area contributed by atoms with Crippen molar-refractivity contribution in [1.82, 2.24) is 14.8 Å². The van der Waals surface area contributed by atoms with E-state index in [9.17, 15) is 0 Å². The van der Waals surface area contributed by atoms with Crippen LogP contribution in [0.3, 0.4) is 0 Å². The molecular weight excluding hydrogens is 320 g/mol. The first-order chi connectivity index (χ1) is 11.8. The van der Waals surface area contributed by atoms with Gasteiger partial charge in [0.05, 0.1) is 35.3 Å². The van der Waals surface area contributed by atoms with Crippen molar-refractivity contribution in [1.29, 1.82) is 0 Å². The van der Waals surface area contributed by atoms with Gasteiger partial charge in [0.25, 0.3) is 0 Å². The van der Waals surface area contributed by atoms with Gasteiger partial charge in [-0.15, -0.1) is 0 Å². The molecule has 0 atom stereocenters. The van der Waals surface area contributed by atoms with E-state index in [0.717, 1.165) is 27.8 Å². The third-order valence-corrected chi connectivity index (χ3v) is 4.69. The van der Waals surface area contributed by atoms with E-state index in [1.165, 1.54) is 4.70 Å². The number of fused-ring (bicyclic) bond motifs is 1. The number of hydrogen-bond donors (Lipinski definition) is 1. The standard InChI is InChI=1S/C18H16N4OS/c1-23-15-8-6-14(7-9-15)22-11-10-13(21-22)12-19-18-20-16-4-2-3-5-17(16)24-18/h2-11H,12H2,1H3,(H,19,20). The Bertz CT molecular complexity index is 925. The summed E-state index contributed by atoms with van der Waals surface area (Å²) in [5.74, 6) is 0.837. The molecule has 4 aromatic rings. The highest BCUT2D eigenvalue weighted by Gasteiger charge is 2.05. The van der Waals surface area contributed by atoms with Crippen LogP contribution in [0.4, 0.5) is 5.13 Å². The number of anilines is 1. The molecule has 0 spiro atoms. The topological polar surface area (TPSA) is 52.0 Å².